The number of amides is 2. The van der Waals surface area contributed by atoms with Crippen molar-refractivity contribution < 1.29 is 29.0 Å². The van der Waals surface area contributed by atoms with E-state index in [1.807, 2.05) is 36.4 Å². The number of hydrogen-bond acceptors (Lipinski definition) is 6. The fourth-order valence-corrected chi connectivity index (χ4v) is 6.59. The predicted molar refractivity (Wildman–Crippen MR) is 138 cm³/mol. The maximum atomic E-state index is 13.8. The van der Waals surface area contributed by atoms with Crippen LogP contribution >= 0.6 is 0 Å². The molecule has 7 nitrogen and oxygen atoms in total. The molecule has 1 N–H and O–H groups in total. The van der Waals surface area contributed by atoms with E-state index in [9.17, 15) is 24.3 Å². The van der Waals surface area contributed by atoms with Gasteiger partial charge in [-0.15, -0.1) is 0 Å². The quantitative estimate of drug-likeness (QED) is 0.380. The maximum Gasteiger partial charge on any atom is 0.234 e. The van der Waals surface area contributed by atoms with Crippen molar-refractivity contribution >= 4 is 23.4 Å². The minimum atomic E-state index is -0.717. The number of rotatable bonds is 4. The number of nitrogens with zero attached hydrogens (tertiary/aromatic N) is 1. The second-order valence-corrected chi connectivity index (χ2v) is 10.4. The van der Waals surface area contributed by atoms with Gasteiger partial charge in [0.05, 0.1) is 25.5 Å². The van der Waals surface area contributed by atoms with Crippen LogP contribution in [-0.4, -0.2) is 40.5 Å². The first-order valence-electron chi connectivity index (χ1n) is 12.8. The number of ketones is 2. The molecule has 0 aromatic heterocycles. The largest absolute Gasteiger partial charge is 0.508 e. The van der Waals surface area contributed by atoms with E-state index in [-0.39, 0.29) is 42.1 Å². The van der Waals surface area contributed by atoms with Crippen LogP contribution in [0.2, 0.25) is 0 Å². The Labute approximate surface area is 220 Å². The van der Waals surface area contributed by atoms with Crippen molar-refractivity contribution in [1.29, 1.82) is 0 Å². The van der Waals surface area contributed by atoms with Crippen molar-refractivity contribution in [2.45, 2.75) is 32.2 Å². The van der Waals surface area contributed by atoms with E-state index in [0.29, 0.717) is 34.5 Å². The molecular weight excluding hydrogens is 482 g/mol. The van der Waals surface area contributed by atoms with Crippen molar-refractivity contribution in [3.8, 4) is 11.5 Å². The third-order valence-corrected chi connectivity index (χ3v) is 8.39. The molecule has 1 saturated heterocycles. The molecule has 1 heterocycles. The Morgan fingerprint density at radius 1 is 1.00 bits per heavy atom. The van der Waals surface area contributed by atoms with Gasteiger partial charge in [0, 0.05) is 28.2 Å². The monoisotopic (exact) mass is 509 g/mol. The van der Waals surface area contributed by atoms with Crippen LogP contribution in [0, 0.1) is 17.8 Å². The number of fused-ring (bicyclic) bond motifs is 3. The molecule has 0 unspecified atom stereocenters. The summed E-state index contributed by atoms with van der Waals surface area (Å²) < 4.78 is 5.40. The molecule has 1 fully saturated rings. The summed E-state index contributed by atoms with van der Waals surface area (Å²) in [6.45, 7) is 1.81. The second-order valence-electron chi connectivity index (χ2n) is 10.4. The van der Waals surface area contributed by atoms with Crippen molar-refractivity contribution in [3.63, 3.8) is 0 Å². The van der Waals surface area contributed by atoms with Gasteiger partial charge in [-0.25, -0.2) is 0 Å². The number of aromatic hydroxyl groups is 1. The Balaban J connectivity index is 1.47. The zero-order valence-corrected chi connectivity index (χ0v) is 21.1. The fraction of sp³-hybridized carbons (Fsp3) is 0.290. The van der Waals surface area contributed by atoms with Gasteiger partial charge in [0.15, 0.2) is 11.6 Å². The molecule has 6 rings (SSSR count). The van der Waals surface area contributed by atoms with Gasteiger partial charge >= 0.3 is 0 Å². The number of imide groups is 1. The normalized spacial score (nSPS) is 26.5. The molecule has 2 aromatic carbocycles. The van der Waals surface area contributed by atoms with E-state index in [4.69, 9.17) is 4.74 Å². The average Bonchev–Trinajstić information content (AvgIpc) is 3.16. The molecule has 38 heavy (non-hydrogen) atoms. The third-order valence-electron chi connectivity index (χ3n) is 8.39. The maximum absolute atomic E-state index is 13.8. The molecule has 7 heteroatoms. The number of allylic oxidation sites excluding steroid dienone is 6. The Hall–Kier alpha value is -4.26. The van der Waals surface area contributed by atoms with Gasteiger partial charge < -0.3 is 9.84 Å². The number of Topliss-reactive ketones (excluding diaryl/α,β-unsaturated/α-hetero) is 1. The van der Waals surface area contributed by atoms with Gasteiger partial charge in [-0.3, -0.25) is 24.1 Å². The van der Waals surface area contributed by atoms with Crippen molar-refractivity contribution in [3.05, 3.63) is 94.1 Å². The summed E-state index contributed by atoms with van der Waals surface area (Å²) in [4.78, 5) is 55.3. The molecule has 4 atom stereocenters. The summed E-state index contributed by atoms with van der Waals surface area (Å²) >= 11 is 0. The number of phenols is 1. The molecule has 1 aliphatic heterocycles. The van der Waals surface area contributed by atoms with E-state index >= 15 is 0 Å². The summed E-state index contributed by atoms with van der Waals surface area (Å²) in [5.41, 5.74) is 3.15. The number of carbonyl (C=O) groups excluding carboxylic acids is 4. The molecule has 3 aliphatic carbocycles. The zero-order chi connectivity index (χ0) is 26.7. The van der Waals surface area contributed by atoms with Gasteiger partial charge in [0.2, 0.25) is 11.8 Å². The Bertz CT molecular complexity index is 1500. The minimum absolute atomic E-state index is 0.0293. The van der Waals surface area contributed by atoms with Crippen LogP contribution < -0.4 is 4.74 Å². The smallest absolute Gasteiger partial charge is 0.234 e. The molecule has 0 saturated carbocycles. The van der Waals surface area contributed by atoms with Crippen molar-refractivity contribution in [2.75, 3.05) is 7.11 Å². The summed E-state index contributed by atoms with van der Waals surface area (Å²) in [5, 5.41) is 10.9. The Kier molecular flexibility index (Phi) is 5.67. The molecule has 2 amide bonds. The van der Waals surface area contributed by atoms with Gasteiger partial charge in [0.25, 0.3) is 0 Å². The van der Waals surface area contributed by atoms with Crippen LogP contribution in [0.3, 0.4) is 0 Å². The van der Waals surface area contributed by atoms with Crippen LogP contribution in [0.1, 0.15) is 36.8 Å². The lowest BCUT2D eigenvalue weighted by molar-refractivity contribution is -0.140. The van der Waals surface area contributed by atoms with Crippen molar-refractivity contribution in [1.82, 2.24) is 4.90 Å². The van der Waals surface area contributed by atoms with Crippen LogP contribution in [0.4, 0.5) is 0 Å². The minimum Gasteiger partial charge on any atom is -0.508 e. The number of benzene rings is 2. The lowest BCUT2D eigenvalue weighted by Gasteiger charge is -2.42. The summed E-state index contributed by atoms with van der Waals surface area (Å²) in [7, 11) is 1.52. The Morgan fingerprint density at radius 3 is 2.50 bits per heavy atom. The topological polar surface area (TPSA) is 101 Å². The Morgan fingerprint density at radius 2 is 1.76 bits per heavy atom. The van der Waals surface area contributed by atoms with Crippen LogP contribution in [0.25, 0.3) is 0 Å². The van der Waals surface area contributed by atoms with E-state index in [1.54, 1.807) is 19.1 Å². The SMILES string of the molecule is COc1ccc(O)c([C@H]2C3=CC[C@@H]4C(=O)N(Cc5ccccc5)C(=O)[C@@H]4[C@@H]3CC3=C2C(=O)C(C)=CC3=O)c1. The van der Waals surface area contributed by atoms with E-state index in [0.717, 1.165) is 11.1 Å². The van der Waals surface area contributed by atoms with Gasteiger partial charge in [0.1, 0.15) is 11.5 Å². The van der Waals surface area contributed by atoms with E-state index in [2.05, 4.69) is 0 Å². The van der Waals surface area contributed by atoms with Gasteiger partial charge in [-0.2, -0.15) is 0 Å². The molecule has 192 valence electrons. The number of methoxy groups -OCH3 is 1. The molecule has 0 radical (unpaired) electrons. The van der Waals surface area contributed by atoms with Crippen LogP contribution in [0.5, 0.6) is 11.5 Å². The molecule has 4 aliphatic rings. The second kappa shape index (κ2) is 8.94. The predicted octanol–water partition coefficient (Wildman–Crippen LogP) is 4.03. The average molecular weight is 510 g/mol. The number of likely N-dealkylation sites (tertiary alicyclic amines) is 1. The third kappa shape index (κ3) is 3.56. The molecule has 0 spiro atoms. The lowest BCUT2D eigenvalue weighted by atomic mass is 9.59. The van der Waals surface area contributed by atoms with E-state index < -0.39 is 23.7 Å². The highest BCUT2D eigenvalue weighted by atomic mass is 16.5. The van der Waals surface area contributed by atoms with Crippen LogP contribution in [-0.2, 0) is 25.7 Å². The number of carbonyl (C=O) groups is 4. The van der Waals surface area contributed by atoms with Crippen LogP contribution in [0.15, 0.2) is 83.0 Å². The molecule has 2 aromatic rings. The number of hydrogen-bond donors (Lipinski definition) is 1. The highest BCUT2D eigenvalue weighted by Crippen LogP contribution is 2.56. The lowest BCUT2D eigenvalue weighted by Crippen LogP contribution is -2.39. The fourth-order valence-electron chi connectivity index (χ4n) is 6.59. The number of phenolic OH excluding ortho intramolecular Hbond substituents is 1. The first kappa shape index (κ1) is 24.1. The van der Waals surface area contributed by atoms with E-state index in [1.165, 1.54) is 24.2 Å². The van der Waals surface area contributed by atoms with Gasteiger partial charge in [-0.1, -0.05) is 42.0 Å². The van der Waals surface area contributed by atoms with Gasteiger partial charge in [-0.05, 0) is 55.5 Å². The first-order chi connectivity index (χ1) is 18.3. The number of ether oxygens (including phenoxy) is 1. The highest BCUT2D eigenvalue weighted by Gasteiger charge is 2.56. The summed E-state index contributed by atoms with van der Waals surface area (Å²) in [5.74, 6) is -2.80. The first-order valence-corrected chi connectivity index (χ1v) is 12.8. The highest BCUT2D eigenvalue weighted by molar-refractivity contribution is 6.24. The van der Waals surface area contributed by atoms with Crippen molar-refractivity contribution in [2.24, 2.45) is 17.8 Å². The molecule has 0 bridgehead atoms. The molecular formula is C31H27NO6. The standard InChI is InChI=1S/C31H27NO6/c1-16-12-25(34)23-14-21-19(26(28(23)29(16)35)22-13-18(38-2)8-11-24(22)33)9-10-20-27(21)31(37)32(30(20)36)15-17-6-4-3-5-7-17/h3-9,11-13,20-21,26-27,33H,10,14-15H2,1-2H3/t20-,21+,26+,27-/m0/s1. The summed E-state index contributed by atoms with van der Waals surface area (Å²) in [6.07, 6.45) is 3.85. The summed E-state index contributed by atoms with van der Waals surface area (Å²) in [6, 6.07) is 14.2. The zero-order valence-electron chi connectivity index (χ0n) is 21.1.